The number of rotatable bonds is 3. The first kappa shape index (κ1) is 11.9. The van der Waals surface area contributed by atoms with Crippen molar-refractivity contribution < 1.29 is 14.8 Å². The Hall–Kier alpha value is -2.57. The summed E-state index contributed by atoms with van der Waals surface area (Å²) in [7, 11) is 3.11. The first-order valence-corrected chi connectivity index (χ1v) is 5.07. The molecule has 0 radical (unpaired) electrons. The van der Waals surface area contributed by atoms with Gasteiger partial charge in [0.2, 0.25) is 5.75 Å². The van der Waals surface area contributed by atoms with E-state index < -0.39 is 16.4 Å². The van der Waals surface area contributed by atoms with E-state index in [4.69, 9.17) is 4.74 Å². The number of nitro groups is 1. The fraction of sp³-hybridized carbons (Fsp3) is 0.182. The molecule has 0 aliphatic heterocycles. The molecule has 1 N–H and O–H groups in total. The van der Waals surface area contributed by atoms with Gasteiger partial charge in [-0.2, -0.15) is 0 Å². The van der Waals surface area contributed by atoms with Gasteiger partial charge in [-0.15, -0.1) is 0 Å². The van der Waals surface area contributed by atoms with E-state index in [1.165, 1.54) is 19.2 Å². The van der Waals surface area contributed by atoms with Gasteiger partial charge >= 0.3 is 5.69 Å². The number of phenolic OH excluding ortho intramolecular Hbond substituents is 1. The number of methoxy groups -OCH3 is 1. The summed E-state index contributed by atoms with van der Waals surface area (Å²) >= 11 is 0. The predicted molar refractivity (Wildman–Crippen MR) is 63.5 cm³/mol. The summed E-state index contributed by atoms with van der Waals surface area (Å²) in [5, 5.41) is 20.5. The minimum Gasteiger partial charge on any atom is -0.500 e. The second kappa shape index (κ2) is 4.36. The van der Waals surface area contributed by atoms with Crippen LogP contribution in [0.5, 0.6) is 11.5 Å². The van der Waals surface area contributed by atoms with Crippen LogP contribution in [0, 0.1) is 10.1 Å². The van der Waals surface area contributed by atoms with Crippen LogP contribution in [-0.2, 0) is 7.05 Å². The summed E-state index contributed by atoms with van der Waals surface area (Å²) in [6.07, 6.45) is 3.31. The molecule has 2 aromatic rings. The molecule has 0 spiro atoms. The van der Waals surface area contributed by atoms with Crippen molar-refractivity contribution in [2.24, 2.45) is 7.05 Å². The molecule has 0 saturated carbocycles. The minimum absolute atomic E-state index is 0.0437. The first-order chi connectivity index (χ1) is 8.54. The van der Waals surface area contributed by atoms with Gasteiger partial charge in [-0.1, -0.05) is 0 Å². The molecule has 0 fully saturated rings. The zero-order chi connectivity index (χ0) is 13.3. The van der Waals surface area contributed by atoms with E-state index in [1.807, 2.05) is 0 Å². The van der Waals surface area contributed by atoms with E-state index in [1.54, 1.807) is 24.0 Å². The Labute approximate surface area is 102 Å². The summed E-state index contributed by atoms with van der Waals surface area (Å²) in [5.41, 5.74) is 0.0937. The molecule has 0 bridgehead atoms. The van der Waals surface area contributed by atoms with E-state index in [9.17, 15) is 15.2 Å². The van der Waals surface area contributed by atoms with Crippen molar-refractivity contribution in [2.45, 2.75) is 0 Å². The van der Waals surface area contributed by atoms with Crippen molar-refractivity contribution in [1.29, 1.82) is 0 Å². The summed E-state index contributed by atoms with van der Waals surface area (Å²) in [4.78, 5) is 14.3. The molecular formula is C11H11N3O4. The molecule has 0 unspecified atom stereocenters. The van der Waals surface area contributed by atoms with Gasteiger partial charge in [-0.25, -0.2) is 4.98 Å². The number of hydrogen-bond acceptors (Lipinski definition) is 5. The number of hydrogen-bond donors (Lipinski definition) is 1. The predicted octanol–water partition coefficient (Wildman–Crippen LogP) is 1.71. The normalized spacial score (nSPS) is 10.3. The van der Waals surface area contributed by atoms with E-state index in [2.05, 4.69) is 4.98 Å². The van der Waals surface area contributed by atoms with Crippen LogP contribution in [0.4, 0.5) is 5.69 Å². The van der Waals surface area contributed by atoms with Crippen molar-refractivity contribution >= 4 is 5.69 Å². The van der Waals surface area contributed by atoms with Gasteiger partial charge in [0.15, 0.2) is 5.75 Å². The maximum atomic E-state index is 10.9. The zero-order valence-electron chi connectivity index (χ0n) is 9.82. The Bertz CT molecular complexity index is 606. The van der Waals surface area contributed by atoms with Crippen LogP contribution >= 0.6 is 0 Å². The SMILES string of the molecule is COc1cc(-c2nccn2C)cc([N+](=O)[O-])c1O. The molecule has 0 atom stereocenters. The smallest absolute Gasteiger partial charge is 0.315 e. The highest BCUT2D eigenvalue weighted by atomic mass is 16.6. The highest BCUT2D eigenvalue weighted by Crippen LogP contribution is 2.39. The third-order valence-electron chi connectivity index (χ3n) is 2.55. The second-order valence-corrected chi connectivity index (χ2v) is 3.67. The lowest BCUT2D eigenvalue weighted by Crippen LogP contribution is -1.96. The molecule has 2 rings (SSSR count). The fourth-order valence-corrected chi connectivity index (χ4v) is 1.66. The fourth-order valence-electron chi connectivity index (χ4n) is 1.66. The number of nitro benzene ring substituents is 1. The lowest BCUT2D eigenvalue weighted by Gasteiger charge is -2.07. The van der Waals surface area contributed by atoms with Crippen molar-refractivity contribution in [3.8, 4) is 22.9 Å². The summed E-state index contributed by atoms with van der Waals surface area (Å²) < 4.78 is 6.64. The van der Waals surface area contributed by atoms with E-state index >= 15 is 0 Å². The highest BCUT2D eigenvalue weighted by molar-refractivity contribution is 5.68. The van der Waals surface area contributed by atoms with E-state index in [-0.39, 0.29) is 5.75 Å². The number of imidazole rings is 1. The van der Waals surface area contributed by atoms with Gasteiger partial charge in [0.1, 0.15) is 5.82 Å². The molecule has 0 aliphatic carbocycles. The summed E-state index contributed by atoms with van der Waals surface area (Å²) in [5.74, 6) is 0.110. The average Bonchev–Trinajstić information content (AvgIpc) is 2.75. The zero-order valence-corrected chi connectivity index (χ0v) is 9.82. The molecule has 7 heteroatoms. The van der Waals surface area contributed by atoms with Crippen LogP contribution in [0.25, 0.3) is 11.4 Å². The van der Waals surface area contributed by atoms with Crippen molar-refractivity contribution in [3.05, 3.63) is 34.6 Å². The van der Waals surface area contributed by atoms with Gasteiger partial charge in [0.05, 0.1) is 12.0 Å². The Morgan fingerprint density at radius 3 is 2.72 bits per heavy atom. The number of aromatic hydroxyl groups is 1. The van der Waals surface area contributed by atoms with Gasteiger partial charge in [0.25, 0.3) is 0 Å². The number of ether oxygens (including phenoxy) is 1. The molecule has 18 heavy (non-hydrogen) atoms. The molecule has 7 nitrogen and oxygen atoms in total. The van der Waals surface area contributed by atoms with Gasteiger partial charge < -0.3 is 14.4 Å². The maximum absolute atomic E-state index is 10.9. The maximum Gasteiger partial charge on any atom is 0.315 e. The van der Waals surface area contributed by atoms with Gasteiger partial charge in [0, 0.05) is 31.1 Å². The molecule has 1 aromatic carbocycles. The van der Waals surface area contributed by atoms with Gasteiger partial charge in [-0.05, 0) is 6.07 Å². The Morgan fingerprint density at radius 1 is 1.50 bits per heavy atom. The molecule has 1 aromatic heterocycles. The van der Waals surface area contributed by atoms with Crippen molar-refractivity contribution in [1.82, 2.24) is 9.55 Å². The first-order valence-electron chi connectivity index (χ1n) is 5.07. The number of nitrogens with zero attached hydrogens (tertiary/aromatic N) is 3. The van der Waals surface area contributed by atoms with Gasteiger partial charge in [-0.3, -0.25) is 10.1 Å². The second-order valence-electron chi connectivity index (χ2n) is 3.67. The molecule has 0 saturated heterocycles. The third kappa shape index (κ3) is 1.86. The quantitative estimate of drug-likeness (QED) is 0.660. The largest absolute Gasteiger partial charge is 0.500 e. The Morgan fingerprint density at radius 2 is 2.22 bits per heavy atom. The standard InChI is InChI=1S/C11H11N3O4/c1-13-4-3-12-11(13)7-5-8(14(16)17)10(15)9(6-7)18-2/h3-6,15H,1-2H3. The highest BCUT2D eigenvalue weighted by Gasteiger charge is 2.21. The monoisotopic (exact) mass is 249 g/mol. The molecule has 1 heterocycles. The van der Waals surface area contributed by atoms with Crippen LogP contribution in [-0.4, -0.2) is 26.7 Å². The summed E-state index contributed by atoms with van der Waals surface area (Å²) in [6, 6.07) is 2.77. The lowest BCUT2D eigenvalue weighted by molar-refractivity contribution is -0.385. The number of aryl methyl sites for hydroxylation is 1. The number of benzene rings is 1. The molecule has 0 amide bonds. The van der Waals surface area contributed by atoms with Crippen LogP contribution in [0.1, 0.15) is 0 Å². The van der Waals surface area contributed by atoms with E-state index in [0.717, 1.165) is 0 Å². The van der Waals surface area contributed by atoms with Crippen LogP contribution in [0.15, 0.2) is 24.5 Å². The topological polar surface area (TPSA) is 90.4 Å². The number of phenols is 1. The molecular weight excluding hydrogens is 238 g/mol. The molecule has 94 valence electrons. The molecule has 0 aliphatic rings. The van der Waals surface area contributed by atoms with E-state index in [0.29, 0.717) is 11.4 Å². The summed E-state index contributed by atoms with van der Waals surface area (Å²) in [6.45, 7) is 0. The third-order valence-corrected chi connectivity index (χ3v) is 2.55. The van der Waals surface area contributed by atoms with Crippen molar-refractivity contribution in [3.63, 3.8) is 0 Å². The average molecular weight is 249 g/mol. The number of aromatic nitrogens is 2. The minimum atomic E-state index is -0.662. The Kier molecular flexibility index (Phi) is 2.88. The van der Waals surface area contributed by atoms with Crippen LogP contribution < -0.4 is 4.74 Å². The van der Waals surface area contributed by atoms with Crippen LogP contribution in [0.2, 0.25) is 0 Å². The lowest BCUT2D eigenvalue weighted by atomic mass is 10.1. The Balaban J connectivity index is 2.67. The van der Waals surface area contributed by atoms with Crippen molar-refractivity contribution in [2.75, 3.05) is 7.11 Å². The van der Waals surface area contributed by atoms with Crippen LogP contribution in [0.3, 0.4) is 0 Å².